The van der Waals surface area contributed by atoms with Crippen LogP contribution in [0.15, 0.2) is 66.7 Å². The number of carbonyl (C=O) groups excluding carboxylic acids is 1. The van der Waals surface area contributed by atoms with Crippen LogP contribution < -0.4 is 9.64 Å². The number of rotatable bonds is 4. The van der Waals surface area contributed by atoms with Crippen LogP contribution in [0, 0.1) is 0 Å². The van der Waals surface area contributed by atoms with Crippen molar-refractivity contribution in [3.63, 3.8) is 0 Å². The Balaban J connectivity index is 1.56. The van der Waals surface area contributed by atoms with E-state index in [4.69, 9.17) is 4.74 Å². The molecule has 0 unspecified atom stereocenters. The molecule has 3 heterocycles. The van der Waals surface area contributed by atoms with Crippen molar-refractivity contribution in [3.8, 4) is 17.0 Å². The molecule has 1 fully saturated rings. The molecular formula is C23H21N3O2. The normalized spacial score (nSPS) is 15.6. The van der Waals surface area contributed by atoms with Crippen LogP contribution in [0.5, 0.6) is 5.88 Å². The average Bonchev–Trinajstić information content (AvgIpc) is 2.70. The van der Waals surface area contributed by atoms with E-state index < -0.39 is 0 Å². The zero-order chi connectivity index (χ0) is 18.9. The minimum absolute atomic E-state index is 0.0355. The summed E-state index contributed by atoms with van der Waals surface area (Å²) in [5.41, 5.74) is 3.52. The largest absolute Gasteiger partial charge is 0.455 e. The molecule has 5 rings (SSSR count). The Morgan fingerprint density at radius 1 is 0.964 bits per heavy atom. The van der Waals surface area contributed by atoms with Crippen LogP contribution in [0.4, 0.5) is 5.82 Å². The van der Waals surface area contributed by atoms with Gasteiger partial charge in [-0.05, 0) is 23.6 Å². The van der Waals surface area contributed by atoms with Gasteiger partial charge in [0.2, 0.25) is 5.88 Å². The molecule has 2 aliphatic heterocycles. The molecule has 0 radical (unpaired) electrons. The highest BCUT2D eigenvalue weighted by molar-refractivity contribution is 6.04. The van der Waals surface area contributed by atoms with Crippen LogP contribution in [0.1, 0.15) is 22.3 Å². The molecule has 0 bridgehead atoms. The Kier molecular flexibility index (Phi) is 4.20. The van der Waals surface area contributed by atoms with E-state index in [1.165, 1.54) is 6.42 Å². The molecule has 0 saturated carbocycles. The molecule has 1 aromatic heterocycles. The number of hydrogen-bond donors (Lipinski definition) is 0. The first-order chi connectivity index (χ1) is 13.8. The van der Waals surface area contributed by atoms with Gasteiger partial charge in [-0.3, -0.25) is 4.79 Å². The number of anilines is 1. The van der Waals surface area contributed by atoms with Crippen LogP contribution >= 0.6 is 0 Å². The fourth-order valence-corrected chi connectivity index (χ4v) is 3.65. The SMILES string of the molecule is O=C1c2c(-c3ccccc3)cc(N3CCC3)nc2OCN1Cc1ccccc1. The van der Waals surface area contributed by atoms with Crippen molar-refractivity contribution in [1.29, 1.82) is 0 Å². The van der Waals surface area contributed by atoms with Gasteiger partial charge in [0.05, 0.1) is 0 Å². The second-order valence-corrected chi connectivity index (χ2v) is 7.18. The summed E-state index contributed by atoms with van der Waals surface area (Å²) >= 11 is 0. The standard InChI is InChI=1S/C23H21N3O2/c27-23-21-19(18-10-5-2-6-11-18)14-20(25-12-7-13-25)24-22(21)28-16-26(23)15-17-8-3-1-4-9-17/h1-6,8-11,14H,7,12-13,15-16H2. The smallest absolute Gasteiger partial charge is 0.262 e. The van der Waals surface area contributed by atoms with E-state index in [2.05, 4.69) is 9.88 Å². The molecule has 1 amide bonds. The van der Waals surface area contributed by atoms with Crippen molar-refractivity contribution in [2.75, 3.05) is 24.7 Å². The van der Waals surface area contributed by atoms with E-state index in [0.29, 0.717) is 18.0 Å². The third kappa shape index (κ3) is 2.99. The third-order valence-electron chi connectivity index (χ3n) is 5.31. The van der Waals surface area contributed by atoms with Crippen LogP contribution in [-0.2, 0) is 6.54 Å². The zero-order valence-electron chi connectivity index (χ0n) is 15.5. The number of ether oxygens (including phenoxy) is 1. The van der Waals surface area contributed by atoms with Gasteiger partial charge in [-0.1, -0.05) is 60.7 Å². The Morgan fingerprint density at radius 3 is 2.36 bits per heavy atom. The van der Waals surface area contributed by atoms with Gasteiger partial charge >= 0.3 is 0 Å². The number of aromatic nitrogens is 1. The molecule has 28 heavy (non-hydrogen) atoms. The van der Waals surface area contributed by atoms with E-state index >= 15 is 0 Å². The molecule has 3 aromatic rings. The first kappa shape index (κ1) is 16.8. The number of fused-ring (bicyclic) bond motifs is 1. The van der Waals surface area contributed by atoms with Gasteiger partial charge in [0.15, 0.2) is 6.73 Å². The third-order valence-corrected chi connectivity index (χ3v) is 5.31. The van der Waals surface area contributed by atoms with Crippen molar-refractivity contribution in [3.05, 3.63) is 77.9 Å². The summed E-state index contributed by atoms with van der Waals surface area (Å²) in [7, 11) is 0. The van der Waals surface area contributed by atoms with Crippen LogP contribution in [0.3, 0.4) is 0 Å². The fraction of sp³-hybridized carbons (Fsp3) is 0.217. The second kappa shape index (κ2) is 7.00. The van der Waals surface area contributed by atoms with Gasteiger partial charge in [-0.2, -0.15) is 4.98 Å². The van der Waals surface area contributed by atoms with E-state index in [1.807, 2.05) is 66.7 Å². The summed E-state index contributed by atoms with van der Waals surface area (Å²) in [4.78, 5) is 22.0. The zero-order valence-corrected chi connectivity index (χ0v) is 15.5. The van der Waals surface area contributed by atoms with Gasteiger partial charge in [0.1, 0.15) is 11.4 Å². The van der Waals surface area contributed by atoms with Crippen molar-refractivity contribution >= 4 is 11.7 Å². The Bertz CT molecular complexity index is 1000. The first-order valence-corrected chi connectivity index (χ1v) is 9.61. The maximum atomic E-state index is 13.4. The Hall–Kier alpha value is -3.34. The molecule has 140 valence electrons. The van der Waals surface area contributed by atoms with Gasteiger partial charge in [-0.25, -0.2) is 0 Å². The summed E-state index contributed by atoms with van der Waals surface area (Å²) < 4.78 is 5.97. The Morgan fingerprint density at radius 2 is 1.68 bits per heavy atom. The van der Waals surface area contributed by atoms with Gasteiger partial charge in [-0.15, -0.1) is 0 Å². The lowest BCUT2D eigenvalue weighted by molar-refractivity contribution is 0.0486. The lowest BCUT2D eigenvalue weighted by Crippen LogP contribution is -2.40. The summed E-state index contributed by atoms with van der Waals surface area (Å²) in [6.45, 7) is 2.72. The van der Waals surface area contributed by atoms with Gasteiger partial charge in [0.25, 0.3) is 5.91 Å². The molecule has 5 nitrogen and oxygen atoms in total. The molecule has 0 atom stereocenters. The lowest BCUT2D eigenvalue weighted by Gasteiger charge is -2.35. The number of hydrogen-bond acceptors (Lipinski definition) is 4. The van der Waals surface area contributed by atoms with Crippen LogP contribution in [0.2, 0.25) is 0 Å². The van der Waals surface area contributed by atoms with E-state index in [9.17, 15) is 4.79 Å². The number of carbonyl (C=O) groups is 1. The molecule has 2 aromatic carbocycles. The number of pyridine rings is 1. The van der Waals surface area contributed by atoms with E-state index in [0.717, 1.165) is 35.6 Å². The minimum Gasteiger partial charge on any atom is -0.455 e. The highest BCUT2D eigenvalue weighted by Gasteiger charge is 2.32. The maximum absolute atomic E-state index is 13.4. The molecule has 5 heteroatoms. The maximum Gasteiger partial charge on any atom is 0.262 e. The summed E-state index contributed by atoms with van der Waals surface area (Å²) in [6, 6.07) is 22.0. The Labute approximate surface area is 164 Å². The van der Waals surface area contributed by atoms with Crippen molar-refractivity contribution in [2.24, 2.45) is 0 Å². The summed E-state index contributed by atoms with van der Waals surface area (Å²) in [5.74, 6) is 1.29. The highest BCUT2D eigenvalue weighted by atomic mass is 16.5. The summed E-state index contributed by atoms with van der Waals surface area (Å²) in [5, 5.41) is 0. The van der Waals surface area contributed by atoms with Crippen LogP contribution in [-0.4, -0.2) is 35.6 Å². The highest BCUT2D eigenvalue weighted by Crippen LogP contribution is 2.37. The average molecular weight is 371 g/mol. The molecule has 0 aliphatic carbocycles. The fourth-order valence-electron chi connectivity index (χ4n) is 3.65. The molecule has 0 N–H and O–H groups in total. The van der Waals surface area contributed by atoms with E-state index in [-0.39, 0.29) is 12.6 Å². The topological polar surface area (TPSA) is 45.7 Å². The van der Waals surface area contributed by atoms with Crippen molar-refractivity contribution < 1.29 is 9.53 Å². The number of benzene rings is 2. The molecule has 0 spiro atoms. The monoisotopic (exact) mass is 371 g/mol. The van der Waals surface area contributed by atoms with Crippen molar-refractivity contribution in [2.45, 2.75) is 13.0 Å². The lowest BCUT2D eigenvalue weighted by atomic mass is 9.98. The molecule has 1 saturated heterocycles. The number of nitrogens with zero attached hydrogens (tertiary/aromatic N) is 3. The predicted molar refractivity (Wildman–Crippen MR) is 108 cm³/mol. The first-order valence-electron chi connectivity index (χ1n) is 9.61. The molecular weight excluding hydrogens is 350 g/mol. The minimum atomic E-state index is -0.0355. The van der Waals surface area contributed by atoms with Gasteiger partial charge < -0.3 is 14.5 Å². The van der Waals surface area contributed by atoms with Crippen LogP contribution in [0.25, 0.3) is 11.1 Å². The summed E-state index contributed by atoms with van der Waals surface area (Å²) in [6.07, 6.45) is 1.17. The molecule has 2 aliphatic rings. The predicted octanol–water partition coefficient (Wildman–Crippen LogP) is 3.95. The number of amides is 1. The second-order valence-electron chi connectivity index (χ2n) is 7.18. The quantitative estimate of drug-likeness (QED) is 0.697. The van der Waals surface area contributed by atoms with E-state index in [1.54, 1.807) is 4.90 Å². The van der Waals surface area contributed by atoms with Gasteiger partial charge in [0, 0.05) is 25.2 Å². The van der Waals surface area contributed by atoms with Crippen molar-refractivity contribution in [1.82, 2.24) is 9.88 Å².